The zero-order chi connectivity index (χ0) is 20.1. The average Bonchev–Trinajstić information content (AvgIpc) is 3.07. The summed E-state index contributed by atoms with van der Waals surface area (Å²) in [6.07, 6.45) is 2.62. The number of para-hydroxylation sites is 1. The first-order valence-electron chi connectivity index (χ1n) is 9.65. The third kappa shape index (κ3) is 2.48. The molecule has 0 spiro atoms. The van der Waals surface area contributed by atoms with Crippen LogP contribution in [0.25, 0.3) is 10.9 Å². The molecular formula is C22H26N2O4. The molecule has 0 radical (unpaired) electrons. The van der Waals surface area contributed by atoms with Crippen molar-refractivity contribution in [2.75, 3.05) is 27.3 Å². The highest BCUT2D eigenvalue weighted by Crippen LogP contribution is 2.49. The monoisotopic (exact) mass is 382 g/mol. The van der Waals surface area contributed by atoms with Gasteiger partial charge in [0.2, 0.25) is 0 Å². The molecule has 2 aliphatic rings. The number of rotatable bonds is 2. The van der Waals surface area contributed by atoms with Gasteiger partial charge in [0.25, 0.3) is 0 Å². The second-order valence-corrected chi connectivity index (χ2v) is 7.89. The summed E-state index contributed by atoms with van der Waals surface area (Å²) in [6, 6.07) is 7.57. The van der Waals surface area contributed by atoms with E-state index in [1.165, 1.54) is 7.11 Å². The summed E-state index contributed by atoms with van der Waals surface area (Å²) in [4.78, 5) is 31.8. The number of carbonyl (C=O) groups excluding carboxylic acids is 2. The number of aliphatic hydroxyl groups excluding tert-OH is 1. The number of carbonyl (C=O) groups is 2. The fraction of sp³-hybridized carbons (Fsp3) is 0.455. The van der Waals surface area contributed by atoms with Gasteiger partial charge in [-0.05, 0) is 32.0 Å². The van der Waals surface area contributed by atoms with Gasteiger partial charge in [0.05, 0.1) is 19.4 Å². The van der Waals surface area contributed by atoms with Crippen molar-refractivity contribution in [1.29, 1.82) is 0 Å². The van der Waals surface area contributed by atoms with Crippen molar-refractivity contribution in [2.24, 2.45) is 11.3 Å². The highest BCUT2D eigenvalue weighted by atomic mass is 16.5. The van der Waals surface area contributed by atoms with Crippen LogP contribution in [-0.4, -0.2) is 60.1 Å². The van der Waals surface area contributed by atoms with Crippen molar-refractivity contribution < 1.29 is 19.4 Å². The molecule has 28 heavy (non-hydrogen) atoms. The Balaban J connectivity index is 1.99. The van der Waals surface area contributed by atoms with Gasteiger partial charge in [-0.2, -0.15) is 0 Å². The van der Waals surface area contributed by atoms with E-state index in [9.17, 15) is 14.7 Å². The molecular weight excluding hydrogens is 356 g/mol. The largest absolute Gasteiger partial charge is 0.468 e. The van der Waals surface area contributed by atoms with Crippen LogP contribution in [0.3, 0.4) is 0 Å². The van der Waals surface area contributed by atoms with E-state index in [0.29, 0.717) is 18.7 Å². The number of benzene rings is 1. The van der Waals surface area contributed by atoms with Crippen LogP contribution in [0.4, 0.5) is 0 Å². The van der Waals surface area contributed by atoms with Gasteiger partial charge in [-0.15, -0.1) is 0 Å². The van der Waals surface area contributed by atoms with Crippen molar-refractivity contribution in [2.45, 2.75) is 25.8 Å². The smallest absolute Gasteiger partial charge is 0.316 e. The molecule has 2 N–H and O–H groups in total. The number of nitrogens with zero attached hydrogens (tertiary/aromatic N) is 1. The van der Waals surface area contributed by atoms with Crippen LogP contribution >= 0.6 is 0 Å². The van der Waals surface area contributed by atoms with Crippen molar-refractivity contribution in [3.63, 3.8) is 0 Å². The number of ketones is 1. The number of aromatic nitrogens is 1. The predicted molar refractivity (Wildman–Crippen MR) is 106 cm³/mol. The fourth-order valence-electron chi connectivity index (χ4n) is 5.29. The molecule has 148 valence electrons. The normalized spacial score (nSPS) is 29.4. The Hall–Kier alpha value is -2.44. The molecule has 6 nitrogen and oxygen atoms in total. The maximum absolute atomic E-state index is 13.3. The Bertz CT molecular complexity index is 976. The lowest BCUT2D eigenvalue weighted by atomic mass is 9.60. The van der Waals surface area contributed by atoms with Crippen LogP contribution in [0, 0.1) is 11.3 Å². The van der Waals surface area contributed by atoms with Crippen LogP contribution < -0.4 is 0 Å². The molecule has 2 bridgehead atoms. The third-order valence-electron chi connectivity index (χ3n) is 6.71. The number of hydrogen-bond donors (Lipinski definition) is 2. The summed E-state index contributed by atoms with van der Waals surface area (Å²) in [5, 5.41) is 11.5. The lowest BCUT2D eigenvalue weighted by Gasteiger charge is -2.52. The van der Waals surface area contributed by atoms with E-state index in [-0.39, 0.29) is 30.8 Å². The molecule has 0 amide bonds. The van der Waals surface area contributed by atoms with E-state index < -0.39 is 11.4 Å². The average molecular weight is 382 g/mol. The van der Waals surface area contributed by atoms with Crippen molar-refractivity contribution >= 4 is 22.7 Å². The molecule has 1 aromatic heterocycles. The Morgan fingerprint density at radius 2 is 2.14 bits per heavy atom. The highest BCUT2D eigenvalue weighted by Gasteiger charge is 2.58. The summed E-state index contributed by atoms with van der Waals surface area (Å²) in [5.74, 6) is -0.865. The predicted octanol–water partition coefficient (Wildman–Crippen LogP) is 2.33. The molecule has 6 heteroatoms. The number of methoxy groups -OCH3 is 1. The van der Waals surface area contributed by atoms with E-state index >= 15 is 0 Å². The Morgan fingerprint density at radius 3 is 2.82 bits per heavy atom. The van der Waals surface area contributed by atoms with Gasteiger partial charge in [-0.1, -0.05) is 29.8 Å². The number of nitrogens with one attached hydrogen (secondary N) is 1. The maximum atomic E-state index is 13.3. The van der Waals surface area contributed by atoms with Crippen LogP contribution in [-0.2, 0) is 16.0 Å². The van der Waals surface area contributed by atoms with Crippen LogP contribution in [0.5, 0.6) is 0 Å². The van der Waals surface area contributed by atoms with Crippen molar-refractivity contribution in [3.05, 3.63) is 47.2 Å². The van der Waals surface area contributed by atoms with Gasteiger partial charge < -0.3 is 14.8 Å². The number of allylic oxidation sites excluding steroid dienone is 1. The van der Waals surface area contributed by atoms with Gasteiger partial charge in [-0.3, -0.25) is 14.5 Å². The zero-order valence-electron chi connectivity index (χ0n) is 16.5. The lowest BCUT2D eigenvalue weighted by molar-refractivity contribution is -0.168. The second-order valence-electron chi connectivity index (χ2n) is 7.89. The number of aromatic amines is 1. The van der Waals surface area contributed by atoms with Crippen molar-refractivity contribution in [1.82, 2.24) is 9.88 Å². The summed E-state index contributed by atoms with van der Waals surface area (Å²) < 4.78 is 5.18. The number of H-pyrrole nitrogens is 1. The van der Waals surface area contributed by atoms with Gasteiger partial charge >= 0.3 is 5.97 Å². The Labute approximate surface area is 164 Å². The van der Waals surface area contributed by atoms with E-state index in [1.54, 1.807) is 0 Å². The first-order valence-corrected chi connectivity index (χ1v) is 9.65. The maximum Gasteiger partial charge on any atom is 0.316 e. The zero-order valence-corrected chi connectivity index (χ0v) is 16.5. The number of hydrogen-bond acceptors (Lipinski definition) is 5. The molecule has 1 aliphatic heterocycles. The molecule has 4 rings (SSSR count). The van der Waals surface area contributed by atoms with Gasteiger partial charge in [-0.25, -0.2) is 0 Å². The number of piperidine rings is 1. The van der Waals surface area contributed by atoms with E-state index in [0.717, 1.165) is 22.0 Å². The molecule has 2 heterocycles. The first kappa shape index (κ1) is 18.9. The third-order valence-corrected chi connectivity index (χ3v) is 6.71. The summed E-state index contributed by atoms with van der Waals surface area (Å²) in [6.45, 7) is 2.22. The number of esters is 1. The molecule has 3 atom stereocenters. The van der Waals surface area contributed by atoms with E-state index in [1.807, 2.05) is 44.3 Å². The minimum absolute atomic E-state index is 0.0275. The highest BCUT2D eigenvalue weighted by molar-refractivity contribution is 6.03. The number of fused-ring (bicyclic) bond motifs is 5. The van der Waals surface area contributed by atoms with Gasteiger partial charge in [0.15, 0.2) is 5.78 Å². The summed E-state index contributed by atoms with van der Waals surface area (Å²) in [5.41, 5.74) is 2.28. The number of likely N-dealkylation sites (tertiary alicyclic amines) is 1. The van der Waals surface area contributed by atoms with Crippen LogP contribution in [0.2, 0.25) is 0 Å². The van der Waals surface area contributed by atoms with E-state index in [2.05, 4.69) is 9.88 Å². The lowest BCUT2D eigenvalue weighted by Crippen LogP contribution is -2.63. The quantitative estimate of drug-likeness (QED) is 0.615. The second kappa shape index (κ2) is 6.87. The Kier molecular flexibility index (Phi) is 4.63. The summed E-state index contributed by atoms with van der Waals surface area (Å²) >= 11 is 0. The van der Waals surface area contributed by atoms with Crippen LogP contribution in [0.15, 0.2) is 35.9 Å². The molecule has 0 saturated carbocycles. The van der Waals surface area contributed by atoms with E-state index in [4.69, 9.17) is 4.74 Å². The summed E-state index contributed by atoms with van der Waals surface area (Å²) in [7, 11) is 3.32. The number of likely N-dealkylation sites (N-methyl/N-ethyl adjacent to an activating group) is 1. The first-order chi connectivity index (χ1) is 13.5. The molecule has 1 saturated heterocycles. The van der Waals surface area contributed by atoms with Gasteiger partial charge in [0.1, 0.15) is 5.41 Å². The van der Waals surface area contributed by atoms with Crippen molar-refractivity contribution in [3.8, 4) is 0 Å². The van der Waals surface area contributed by atoms with Gasteiger partial charge in [0, 0.05) is 35.8 Å². The fourth-order valence-corrected chi connectivity index (χ4v) is 5.29. The topological polar surface area (TPSA) is 82.6 Å². The molecule has 1 aliphatic carbocycles. The molecule has 2 aromatic rings. The SMILES string of the molecule is CC=C1CN(C)C2Cc3c([nH]c4ccccc34)C(=O)CC1C2(CO)C(=O)OC. The minimum Gasteiger partial charge on any atom is -0.468 e. The molecule has 1 aromatic carbocycles. The standard InChI is InChI=1S/C22H26N2O4/c1-4-13-11-24(2)19-9-15-14-7-5-6-8-17(14)23-20(15)18(26)10-16(13)22(19,12-25)21(27)28-3/h4-8,16,19,23,25H,9-12H2,1-3H3. The molecule has 3 unspecified atom stereocenters. The van der Waals surface area contributed by atoms with Crippen LogP contribution in [0.1, 0.15) is 29.4 Å². The number of Topliss-reactive ketones (excluding diaryl/α,β-unsaturated/α-hetero) is 1. The minimum atomic E-state index is -1.17. The number of aliphatic hydroxyl groups is 1. The number of ether oxygens (including phenoxy) is 1. The Morgan fingerprint density at radius 1 is 1.39 bits per heavy atom. The molecule has 1 fully saturated rings.